The van der Waals surface area contributed by atoms with E-state index in [-0.39, 0.29) is 26.7 Å². The molecule has 3 rings (SSSR count). The summed E-state index contributed by atoms with van der Waals surface area (Å²) < 4.78 is 10.4. The third-order valence-corrected chi connectivity index (χ3v) is 8.01. The first-order valence-corrected chi connectivity index (χ1v) is 13.2. The minimum Gasteiger partial charge on any atom is -0.495 e. The summed E-state index contributed by atoms with van der Waals surface area (Å²) >= 11 is 31.5. The molecule has 3 aromatic carbocycles. The predicted molar refractivity (Wildman–Crippen MR) is 152 cm³/mol. The van der Waals surface area contributed by atoms with Crippen LogP contribution in [0.1, 0.15) is 20.7 Å². The van der Waals surface area contributed by atoms with Gasteiger partial charge in [-0.2, -0.15) is 0 Å². The summed E-state index contributed by atoms with van der Waals surface area (Å²) in [5, 5.41) is 13.9. The predicted octanol–water partition coefficient (Wildman–Crippen LogP) is 7.65. The molecule has 0 aliphatic heterocycles. The molecule has 2 amide bonds. The lowest BCUT2D eigenvalue weighted by Crippen LogP contribution is -2.18. The van der Waals surface area contributed by atoms with Gasteiger partial charge in [0.25, 0.3) is 5.91 Å². The highest BCUT2D eigenvalue weighted by molar-refractivity contribution is 8.00. The van der Waals surface area contributed by atoms with Crippen molar-refractivity contribution in [2.45, 2.75) is 4.90 Å². The van der Waals surface area contributed by atoms with Gasteiger partial charge in [0, 0.05) is 16.6 Å². The van der Waals surface area contributed by atoms with E-state index in [2.05, 4.69) is 10.6 Å². The number of carbonyl (C=O) groups is 3. The Morgan fingerprint density at radius 1 is 0.842 bits per heavy atom. The first-order valence-electron chi connectivity index (χ1n) is 10.3. The van der Waals surface area contributed by atoms with Crippen LogP contribution in [-0.2, 0) is 4.79 Å². The van der Waals surface area contributed by atoms with Crippen LogP contribution in [0.5, 0.6) is 11.5 Å². The van der Waals surface area contributed by atoms with Gasteiger partial charge in [0.2, 0.25) is 5.91 Å². The third-order valence-electron chi connectivity index (χ3n) is 4.92. The maximum absolute atomic E-state index is 13.0. The van der Waals surface area contributed by atoms with Gasteiger partial charge in [-0.1, -0.05) is 64.1 Å². The first kappa shape index (κ1) is 30.0. The monoisotopic (exact) mass is 636 g/mol. The number of hydrogen-bond donors (Lipinski definition) is 3. The third kappa shape index (κ3) is 6.72. The van der Waals surface area contributed by atoms with Crippen molar-refractivity contribution in [2.24, 2.45) is 0 Å². The Morgan fingerprint density at radius 3 is 2.08 bits per heavy atom. The molecule has 0 atom stereocenters. The van der Waals surface area contributed by atoms with Crippen molar-refractivity contribution in [1.82, 2.24) is 0 Å². The molecule has 0 spiro atoms. The molecule has 0 saturated heterocycles. The smallest absolute Gasteiger partial charge is 0.338 e. The SMILES string of the molecule is COc1cc(OC)c(NC(=O)CSc2cccc(NC(=O)c3c(Cl)c(Cl)c(Cl)c(Cl)c3C(=O)O)c2)cc1Cl. The number of methoxy groups -OCH3 is 2. The van der Waals surface area contributed by atoms with Crippen LogP contribution in [0.3, 0.4) is 0 Å². The second kappa shape index (κ2) is 13.0. The van der Waals surface area contributed by atoms with E-state index in [1.165, 1.54) is 32.0 Å². The number of carboxylic acids is 1. The zero-order chi connectivity index (χ0) is 28.1. The van der Waals surface area contributed by atoms with Crippen molar-refractivity contribution >= 4 is 98.9 Å². The molecule has 0 fully saturated rings. The minimum absolute atomic E-state index is 0.0155. The molecule has 8 nitrogen and oxygen atoms in total. The topological polar surface area (TPSA) is 114 Å². The summed E-state index contributed by atoms with van der Waals surface area (Å²) in [5.74, 6) is -1.93. The summed E-state index contributed by atoms with van der Waals surface area (Å²) in [4.78, 5) is 37.9. The molecule has 0 saturated carbocycles. The Bertz CT molecular complexity index is 1440. The Balaban J connectivity index is 1.74. The molecule has 0 heterocycles. The van der Waals surface area contributed by atoms with Crippen molar-refractivity contribution < 1.29 is 29.0 Å². The molecule has 0 aliphatic carbocycles. The molecule has 3 aromatic rings. The number of halogens is 5. The molecule has 0 unspecified atom stereocenters. The molecule has 0 aliphatic rings. The fraction of sp³-hybridized carbons (Fsp3) is 0.125. The highest BCUT2D eigenvalue weighted by atomic mass is 35.5. The molecular formula is C24H17Cl5N2O6S. The summed E-state index contributed by atoms with van der Waals surface area (Å²) in [7, 11) is 2.91. The van der Waals surface area contributed by atoms with E-state index >= 15 is 0 Å². The molecular weight excluding hydrogens is 622 g/mol. The number of carboxylic acid groups (broad SMARTS) is 1. The molecule has 0 radical (unpaired) electrons. The summed E-state index contributed by atoms with van der Waals surface area (Å²) in [6.45, 7) is 0. The number of aromatic carboxylic acids is 1. The van der Waals surface area contributed by atoms with E-state index in [9.17, 15) is 19.5 Å². The van der Waals surface area contributed by atoms with E-state index < -0.39 is 28.0 Å². The zero-order valence-corrected chi connectivity index (χ0v) is 24.1. The zero-order valence-electron chi connectivity index (χ0n) is 19.5. The number of carbonyl (C=O) groups excluding carboxylic acids is 2. The van der Waals surface area contributed by atoms with Crippen molar-refractivity contribution in [2.75, 3.05) is 30.6 Å². The number of anilines is 2. The quantitative estimate of drug-likeness (QED) is 0.125. The Morgan fingerprint density at radius 2 is 1.47 bits per heavy atom. The van der Waals surface area contributed by atoms with Crippen LogP contribution >= 0.6 is 69.8 Å². The summed E-state index contributed by atoms with van der Waals surface area (Å²) in [6, 6.07) is 9.60. The average Bonchev–Trinajstić information content (AvgIpc) is 2.88. The van der Waals surface area contributed by atoms with E-state index in [4.69, 9.17) is 67.5 Å². The number of amides is 2. The standard InChI is InChI=1S/C24H17Cl5N2O6S/c1-36-14-8-15(37-2)13(7-12(14)25)31-16(32)9-38-11-5-3-4-10(6-11)30-23(33)17-18(24(34)35)20(27)22(29)21(28)19(17)26/h3-8H,9H2,1-2H3,(H,30,33)(H,31,32)(H,34,35). The van der Waals surface area contributed by atoms with Crippen LogP contribution in [0.4, 0.5) is 11.4 Å². The van der Waals surface area contributed by atoms with Crippen molar-refractivity contribution in [3.63, 3.8) is 0 Å². The van der Waals surface area contributed by atoms with Crippen LogP contribution in [0.2, 0.25) is 25.1 Å². The summed E-state index contributed by atoms with van der Waals surface area (Å²) in [6.07, 6.45) is 0. The Kier molecular flexibility index (Phi) is 10.3. The fourth-order valence-electron chi connectivity index (χ4n) is 3.20. The van der Waals surface area contributed by atoms with Crippen molar-refractivity contribution in [1.29, 1.82) is 0 Å². The first-order chi connectivity index (χ1) is 18.0. The van der Waals surface area contributed by atoms with Crippen molar-refractivity contribution in [3.8, 4) is 11.5 Å². The molecule has 200 valence electrons. The maximum Gasteiger partial charge on any atom is 0.338 e. The number of benzene rings is 3. The van der Waals surface area contributed by atoms with Gasteiger partial charge in [0.1, 0.15) is 11.5 Å². The largest absolute Gasteiger partial charge is 0.495 e. The lowest BCUT2D eigenvalue weighted by Gasteiger charge is -2.14. The van der Waals surface area contributed by atoms with E-state index in [1.807, 2.05) is 0 Å². The van der Waals surface area contributed by atoms with Gasteiger partial charge in [-0.25, -0.2) is 4.79 Å². The molecule has 0 aromatic heterocycles. The second-order valence-electron chi connectivity index (χ2n) is 7.32. The normalized spacial score (nSPS) is 10.6. The highest BCUT2D eigenvalue weighted by Crippen LogP contribution is 2.42. The number of hydrogen-bond acceptors (Lipinski definition) is 6. The highest BCUT2D eigenvalue weighted by Gasteiger charge is 2.29. The van der Waals surface area contributed by atoms with Gasteiger partial charge in [0.05, 0.1) is 61.9 Å². The second-order valence-corrected chi connectivity index (χ2v) is 10.3. The van der Waals surface area contributed by atoms with Crippen LogP contribution in [0, 0.1) is 0 Å². The summed E-state index contributed by atoms with van der Waals surface area (Å²) in [5.41, 5.74) is -0.349. The van der Waals surface area contributed by atoms with Crippen LogP contribution < -0.4 is 20.1 Å². The lowest BCUT2D eigenvalue weighted by atomic mass is 10.1. The van der Waals surface area contributed by atoms with Crippen LogP contribution in [-0.4, -0.2) is 42.9 Å². The molecule has 3 N–H and O–H groups in total. The van der Waals surface area contributed by atoms with E-state index in [0.717, 1.165) is 0 Å². The Hall–Kier alpha value is -2.53. The van der Waals surface area contributed by atoms with Gasteiger partial charge in [0.15, 0.2) is 0 Å². The van der Waals surface area contributed by atoms with Gasteiger partial charge in [-0.05, 0) is 24.3 Å². The van der Waals surface area contributed by atoms with Crippen molar-refractivity contribution in [3.05, 3.63) is 72.6 Å². The molecule has 0 bridgehead atoms. The maximum atomic E-state index is 13.0. The van der Waals surface area contributed by atoms with E-state index in [0.29, 0.717) is 32.8 Å². The fourth-order valence-corrected chi connectivity index (χ4v) is 5.21. The van der Waals surface area contributed by atoms with Gasteiger partial charge in [-0.15, -0.1) is 11.8 Å². The Labute approximate surface area is 246 Å². The molecule has 38 heavy (non-hydrogen) atoms. The number of thioether (sulfide) groups is 1. The van der Waals surface area contributed by atoms with Gasteiger partial charge < -0.3 is 25.2 Å². The van der Waals surface area contributed by atoms with Crippen LogP contribution in [0.25, 0.3) is 0 Å². The minimum atomic E-state index is -1.51. The number of ether oxygens (including phenoxy) is 2. The van der Waals surface area contributed by atoms with Gasteiger partial charge >= 0.3 is 5.97 Å². The van der Waals surface area contributed by atoms with Crippen LogP contribution in [0.15, 0.2) is 41.3 Å². The van der Waals surface area contributed by atoms with E-state index in [1.54, 1.807) is 30.3 Å². The van der Waals surface area contributed by atoms with Gasteiger partial charge in [-0.3, -0.25) is 9.59 Å². The average molecular weight is 639 g/mol. The molecule has 14 heteroatoms. The number of rotatable bonds is 9. The number of nitrogens with one attached hydrogen (secondary N) is 2. The lowest BCUT2D eigenvalue weighted by molar-refractivity contribution is -0.113.